The summed E-state index contributed by atoms with van der Waals surface area (Å²) in [5.41, 5.74) is 2.15. The average Bonchev–Trinajstić information content (AvgIpc) is 3.32. The number of ether oxygens (including phenoxy) is 3. The van der Waals surface area contributed by atoms with E-state index in [2.05, 4.69) is 37.5 Å². The fourth-order valence-electron chi connectivity index (χ4n) is 5.03. The van der Waals surface area contributed by atoms with Gasteiger partial charge in [-0.15, -0.1) is 0 Å². The minimum absolute atomic E-state index is 0.582. The molecule has 10 heteroatoms. The molecule has 216 valence electrons. The van der Waals surface area contributed by atoms with Crippen molar-refractivity contribution in [3.05, 3.63) is 77.2 Å². The molecular weight excluding hydrogens is 536 g/mol. The first kappa shape index (κ1) is 28.6. The lowest BCUT2D eigenvalue weighted by Gasteiger charge is -2.35. The molecule has 0 N–H and O–H groups in total. The zero-order chi connectivity index (χ0) is 28.6. The Morgan fingerprint density at radius 1 is 0.878 bits per heavy atom. The molecule has 0 amide bonds. The highest BCUT2D eigenvalue weighted by Gasteiger charge is 2.20. The Hall–Kier alpha value is -3.89. The van der Waals surface area contributed by atoms with Crippen LogP contribution in [0.5, 0.6) is 17.2 Å². The minimum Gasteiger partial charge on any atom is -0.497 e. The van der Waals surface area contributed by atoms with Gasteiger partial charge in [-0.05, 0) is 86.6 Å². The summed E-state index contributed by atoms with van der Waals surface area (Å²) in [5, 5.41) is 5.03. The molecule has 4 aromatic rings. The Morgan fingerprint density at radius 2 is 1.63 bits per heavy atom. The van der Waals surface area contributed by atoms with Crippen molar-refractivity contribution in [2.75, 3.05) is 51.4 Å². The maximum Gasteiger partial charge on any atom is 0.199 e. The second kappa shape index (κ2) is 13.6. The van der Waals surface area contributed by atoms with Crippen LogP contribution in [-0.2, 0) is 19.6 Å². The second-order valence-electron chi connectivity index (χ2n) is 9.82. The molecule has 0 saturated carbocycles. The molecule has 0 atom stereocenters. The number of rotatable bonds is 12. The Labute approximate surface area is 246 Å². The molecule has 1 fully saturated rings. The van der Waals surface area contributed by atoms with Gasteiger partial charge in [-0.2, -0.15) is 5.10 Å². The maximum absolute atomic E-state index is 6.01. The molecule has 41 heavy (non-hydrogen) atoms. The summed E-state index contributed by atoms with van der Waals surface area (Å²) in [4.78, 5) is 9.23. The van der Waals surface area contributed by atoms with Crippen LogP contribution in [0.3, 0.4) is 0 Å². The van der Waals surface area contributed by atoms with Crippen LogP contribution < -0.4 is 19.1 Å². The van der Waals surface area contributed by atoms with Gasteiger partial charge in [0.15, 0.2) is 22.1 Å². The number of hydrogen-bond acceptors (Lipinski definition) is 8. The lowest BCUT2D eigenvalue weighted by molar-refractivity contribution is 0.194. The molecule has 9 nitrogen and oxygen atoms in total. The zero-order valence-corrected chi connectivity index (χ0v) is 24.8. The van der Waals surface area contributed by atoms with Crippen LogP contribution in [0.15, 0.2) is 66.9 Å². The first-order chi connectivity index (χ1) is 20.1. The van der Waals surface area contributed by atoms with E-state index in [0.29, 0.717) is 31.2 Å². The molecule has 0 aliphatic carbocycles. The Kier molecular flexibility index (Phi) is 9.53. The number of aromatic nitrogens is 4. The van der Waals surface area contributed by atoms with Gasteiger partial charge in [-0.1, -0.05) is 12.1 Å². The number of methoxy groups -OCH3 is 1. The lowest BCUT2D eigenvalue weighted by Crippen LogP contribution is -2.47. The number of anilines is 1. The van der Waals surface area contributed by atoms with Crippen molar-refractivity contribution in [2.24, 2.45) is 0 Å². The third-order valence-corrected chi connectivity index (χ3v) is 7.61. The summed E-state index contributed by atoms with van der Waals surface area (Å²) in [6.07, 6.45) is 2.62. The van der Waals surface area contributed by atoms with Gasteiger partial charge in [0.05, 0.1) is 27.0 Å². The van der Waals surface area contributed by atoms with Crippen LogP contribution in [-0.4, -0.2) is 70.7 Å². The fourth-order valence-corrected chi connectivity index (χ4v) is 5.31. The van der Waals surface area contributed by atoms with Crippen molar-refractivity contribution in [1.29, 1.82) is 0 Å². The Bertz CT molecular complexity index is 1460. The van der Waals surface area contributed by atoms with Gasteiger partial charge in [0.25, 0.3) is 0 Å². The molecule has 2 aromatic heterocycles. The van der Waals surface area contributed by atoms with Gasteiger partial charge < -0.3 is 19.1 Å². The fraction of sp³-hybridized carbons (Fsp3) is 0.387. The van der Waals surface area contributed by atoms with E-state index in [1.165, 1.54) is 0 Å². The minimum atomic E-state index is 0.582. The Morgan fingerprint density at radius 3 is 2.32 bits per heavy atom. The van der Waals surface area contributed by atoms with Crippen LogP contribution in [0.4, 0.5) is 5.82 Å². The van der Waals surface area contributed by atoms with E-state index in [4.69, 9.17) is 31.5 Å². The number of aryl methyl sites for hydroxylation is 1. The van der Waals surface area contributed by atoms with Crippen LogP contribution in [0.2, 0.25) is 0 Å². The second-order valence-corrected chi connectivity index (χ2v) is 10.2. The van der Waals surface area contributed by atoms with E-state index in [-0.39, 0.29) is 0 Å². The van der Waals surface area contributed by atoms with Crippen LogP contribution >= 0.6 is 12.2 Å². The smallest absolute Gasteiger partial charge is 0.199 e. The first-order valence-corrected chi connectivity index (χ1v) is 14.6. The van der Waals surface area contributed by atoms with Gasteiger partial charge in [0.1, 0.15) is 11.6 Å². The molecule has 1 saturated heterocycles. The van der Waals surface area contributed by atoms with E-state index in [9.17, 15) is 0 Å². The molecule has 5 rings (SSSR count). The summed E-state index contributed by atoms with van der Waals surface area (Å²) < 4.78 is 21.8. The van der Waals surface area contributed by atoms with Gasteiger partial charge in [-0.25, -0.2) is 9.67 Å². The highest BCUT2D eigenvalue weighted by molar-refractivity contribution is 7.71. The monoisotopic (exact) mass is 574 g/mol. The highest BCUT2D eigenvalue weighted by Crippen LogP contribution is 2.29. The highest BCUT2D eigenvalue weighted by atomic mass is 32.1. The topological polar surface area (TPSA) is 69.8 Å². The van der Waals surface area contributed by atoms with Crippen molar-refractivity contribution in [3.63, 3.8) is 0 Å². The van der Waals surface area contributed by atoms with Gasteiger partial charge in [-0.3, -0.25) is 9.47 Å². The molecule has 1 aliphatic rings. The van der Waals surface area contributed by atoms with Crippen molar-refractivity contribution in [2.45, 2.75) is 33.5 Å². The summed E-state index contributed by atoms with van der Waals surface area (Å²) in [6.45, 7) is 10.1. The van der Waals surface area contributed by atoms with Crippen LogP contribution in [0.25, 0.3) is 11.4 Å². The predicted molar refractivity (Wildman–Crippen MR) is 164 cm³/mol. The average molecular weight is 575 g/mol. The van der Waals surface area contributed by atoms with Gasteiger partial charge in [0, 0.05) is 44.5 Å². The van der Waals surface area contributed by atoms with Crippen LogP contribution in [0, 0.1) is 4.77 Å². The number of benzene rings is 2. The van der Waals surface area contributed by atoms with E-state index in [0.717, 1.165) is 72.6 Å². The molecule has 0 spiro atoms. The zero-order valence-electron chi connectivity index (χ0n) is 24.0. The molecule has 0 unspecified atom stereocenters. The molecule has 3 heterocycles. The number of nitrogens with zero attached hydrogens (tertiary/aromatic N) is 6. The summed E-state index contributed by atoms with van der Waals surface area (Å²) in [7, 11) is 1.67. The number of piperazine rings is 1. The van der Waals surface area contributed by atoms with Crippen molar-refractivity contribution >= 4 is 18.0 Å². The van der Waals surface area contributed by atoms with E-state index >= 15 is 0 Å². The molecular formula is C31H38N6O3S. The summed E-state index contributed by atoms with van der Waals surface area (Å²) in [6, 6.07) is 20.2. The van der Waals surface area contributed by atoms with E-state index < -0.39 is 0 Å². The SMILES string of the molecule is CCOc1ccc(CCn2c(-c3ccc(OC)cc3)nn(CN3CCN(c4ccccn4)CC3)c2=S)cc1OCC. The van der Waals surface area contributed by atoms with Crippen molar-refractivity contribution < 1.29 is 14.2 Å². The van der Waals surface area contributed by atoms with Gasteiger partial charge >= 0.3 is 0 Å². The number of hydrogen-bond donors (Lipinski definition) is 0. The molecule has 2 aromatic carbocycles. The number of pyridine rings is 1. The third-order valence-electron chi connectivity index (χ3n) is 7.18. The third kappa shape index (κ3) is 6.89. The van der Waals surface area contributed by atoms with Crippen molar-refractivity contribution in [3.8, 4) is 28.6 Å². The Balaban J connectivity index is 1.36. The molecule has 0 bridgehead atoms. The van der Waals surface area contributed by atoms with E-state index in [1.807, 2.05) is 67.2 Å². The molecule has 1 aliphatic heterocycles. The normalized spacial score (nSPS) is 13.8. The maximum atomic E-state index is 6.01. The first-order valence-electron chi connectivity index (χ1n) is 14.2. The quantitative estimate of drug-likeness (QED) is 0.211. The molecule has 0 radical (unpaired) electrons. The lowest BCUT2D eigenvalue weighted by atomic mass is 10.1. The summed E-state index contributed by atoms with van der Waals surface area (Å²) >= 11 is 6.01. The largest absolute Gasteiger partial charge is 0.497 e. The summed E-state index contributed by atoms with van der Waals surface area (Å²) in [5.74, 6) is 4.22. The van der Waals surface area contributed by atoms with Crippen molar-refractivity contribution in [1.82, 2.24) is 24.2 Å². The van der Waals surface area contributed by atoms with E-state index in [1.54, 1.807) is 7.11 Å². The predicted octanol–water partition coefficient (Wildman–Crippen LogP) is 5.30. The standard InChI is InChI=1S/C31H38N6O3S/c1-4-39-27-14-9-24(22-28(27)40-5-2)15-17-36-30(25-10-12-26(38-3)13-11-25)33-37(31(36)41)23-34-18-20-35(21-19-34)29-8-6-7-16-32-29/h6-14,16,22H,4-5,15,17-21,23H2,1-3H3. The van der Waals surface area contributed by atoms with Gasteiger partial charge in [0.2, 0.25) is 0 Å². The van der Waals surface area contributed by atoms with Crippen LogP contribution in [0.1, 0.15) is 19.4 Å².